The highest BCUT2D eigenvalue weighted by Crippen LogP contribution is 2.26. The van der Waals surface area contributed by atoms with Crippen molar-refractivity contribution < 1.29 is 14.7 Å². The maximum Gasteiger partial charge on any atom is 0.329 e. The van der Waals surface area contributed by atoms with E-state index in [-0.39, 0.29) is 10.8 Å². The smallest absolute Gasteiger partial charge is 0.329 e. The number of carbonyl (C=O) groups is 2. The summed E-state index contributed by atoms with van der Waals surface area (Å²) in [5, 5.41) is 18.4. The second kappa shape index (κ2) is 8.07. The highest BCUT2D eigenvalue weighted by molar-refractivity contribution is 6.43. The molecule has 0 saturated heterocycles. The van der Waals surface area contributed by atoms with E-state index < -0.39 is 11.8 Å². The van der Waals surface area contributed by atoms with Crippen LogP contribution in [0.1, 0.15) is 5.56 Å². The van der Waals surface area contributed by atoms with Gasteiger partial charge in [0.15, 0.2) is 0 Å². The molecule has 0 fully saturated rings. The van der Waals surface area contributed by atoms with Crippen LogP contribution in [0.2, 0.25) is 10.0 Å². The molecular weight excluding hydrogens is 389 g/mol. The van der Waals surface area contributed by atoms with Gasteiger partial charge in [0, 0.05) is 11.3 Å². The van der Waals surface area contributed by atoms with Gasteiger partial charge in [-0.15, -0.1) is 0 Å². The number of nitrogens with zero attached hydrogens (tertiary/aromatic N) is 1. The summed E-state index contributed by atoms with van der Waals surface area (Å²) in [5.41, 5.74) is 2.87. The van der Waals surface area contributed by atoms with Gasteiger partial charge in [-0.3, -0.25) is 9.59 Å². The average molecular weight is 402 g/mol. The molecule has 0 aromatic heterocycles. The van der Waals surface area contributed by atoms with Gasteiger partial charge in [-0.25, -0.2) is 5.43 Å². The molecule has 6 nitrogen and oxygen atoms in total. The summed E-state index contributed by atoms with van der Waals surface area (Å²) in [6.45, 7) is 0. The van der Waals surface area contributed by atoms with Crippen molar-refractivity contribution in [3.8, 4) is 5.75 Å². The summed E-state index contributed by atoms with van der Waals surface area (Å²) in [4.78, 5) is 23.8. The van der Waals surface area contributed by atoms with Gasteiger partial charge < -0.3 is 10.4 Å². The van der Waals surface area contributed by atoms with E-state index in [1.165, 1.54) is 30.5 Å². The summed E-state index contributed by atoms with van der Waals surface area (Å²) in [6.07, 6.45) is 1.28. The Morgan fingerprint density at radius 1 is 0.963 bits per heavy atom. The van der Waals surface area contributed by atoms with Crippen molar-refractivity contribution in [2.45, 2.75) is 0 Å². The number of hydrogen-bond donors (Lipinski definition) is 3. The molecule has 27 heavy (non-hydrogen) atoms. The maximum absolute atomic E-state index is 11.9. The number of rotatable bonds is 3. The number of phenols is 1. The van der Waals surface area contributed by atoms with Crippen LogP contribution in [0.4, 0.5) is 5.69 Å². The lowest BCUT2D eigenvalue weighted by atomic mass is 10.0. The standard InChI is InChI=1S/C19H13Cl2N3O3/c20-15-7-6-12(9-16(15)21)23-18(26)19(27)24-22-10-14-13-4-2-1-3-11(13)5-8-17(14)25/h1-10,25H,(H,23,26)(H,24,27). The lowest BCUT2D eigenvalue weighted by Crippen LogP contribution is -2.32. The minimum absolute atomic E-state index is 0.00644. The Labute approximate surface area is 164 Å². The van der Waals surface area contributed by atoms with Crippen molar-refractivity contribution in [3.05, 3.63) is 70.2 Å². The fourth-order valence-electron chi connectivity index (χ4n) is 2.39. The molecule has 0 saturated carbocycles. The van der Waals surface area contributed by atoms with Crippen molar-refractivity contribution in [2.24, 2.45) is 5.10 Å². The third-order valence-electron chi connectivity index (χ3n) is 3.69. The molecule has 3 aromatic carbocycles. The largest absolute Gasteiger partial charge is 0.507 e. The lowest BCUT2D eigenvalue weighted by Gasteiger charge is -2.06. The molecule has 0 aliphatic heterocycles. The van der Waals surface area contributed by atoms with Gasteiger partial charge in [0.25, 0.3) is 0 Å². The van der Waals surface area contributed by atoms with Crippen molar-refractivity contribution in [3.63, 3.8) is 0 Å². The van der Waals surface area contributed by atoms with Gasteiger partial charge in [0.2, 0.25) is 0 Å². The number of halogens is 2. The lowest BCUT2D eigenvalue weighted by molar-refractivity contribution is -0.136. The second-order valence-electron chi connectivity index (χ2n) is 5.50. The Morgan fingerprint density at radius 2 is 1.74 bits per heavy atom. The van der Waals surface area contributed by atoms with Crippen molar-refractivity contribution in [1.82, 2.24) is 5.43 Å². The Hall–Kier alpha value is -3.09. The fraction of sp³-hybridized carbons (Fsp3) is 0. The molecule has 3 rings (SSSR count). The third kappa shape index (κ3) is 4.36. The van der Waals surface area contributed by atoms with Crippen LogP contribution >= 0.6 is 23.2 Å². The van der Waals surface area contributed by atoms with Crippen LogP contribution in [0.15, 0.2) is 59.7 Å². The fourth-order valence-corrected chi connectivity index (χ4v) is 2.69. The SMILES string of the molecule is O=C(NN=Cc1c(O)ccc2ccccc12)C(=O)Nc1ccc(Cl)c(Cl)c1. The van der Waals surface area contributed by atoms with Crippen LogP contribution in [-0.2, 0) is 9.59 Å². The van der Waals surface area contributed by atoms with Gasteiger partial charge in [0.05, 0.1) is 16.3 Å². The Bertz CT molecular complexity index is 1070. The first kappa shape index (κ1) is 18.7. The van der Waals surface area contributed by atoms with Gasteiger partial charge in [-0.2, -0.15) is 5.10 Å². The van der Waals surface area contributed by atoms with Crippen molar-refractivity contribution >= 4 is 57.7 Å². The quantitative estimate of drug-likeness (QED) is 0.352. The Balaban J connectivity index is 1.69. The topological polar surface area (TPSA) is 90.8 Å². The number of phenolic OH excluding ortho intramolecular Hbond substituents is 1. The molecule has 0 heterocycles. The van der Waals surface area contributed by atoms with E-state index >= 15 is 0 Å². The van der Waals surface area contributed by atoms with E-state index in [4.69, 9.17) is 23.2 Å². The first-order valence-corrected chi connectivity index (χ1v) is 8.51. The average Bonchev–Trinajstić information content (AvgIpc) is 2.66. The molecule has 0 aliphatic carbocycles. The zero-order chi connectivity index (χ0) is 19.4. The minimum atomic E-state index is -0.975. The number of aromatic hydroxyl groups is 1. The van der Waals surface area contributed by atoms with Gasteiger partial charge in [0.1, 0.15) is 5.75 Å². The number of carbonyl (C=O) groups excluding carboxylic acids is 2. The Kier molecular flexibility index (Phi) is 5.59. The number of hydrazone groups is 1. The summed E-state index contributed by atoms with van der Waals surface area (Å²) < 4.78 is 0. The van der Waals surface area contributed by atoms with Crippen LogP contribution < -0.4 is 10.7 Å². The first-order chi connectivity index (χ1) is 13.0. The van der Waals surface area contributed by atoms with E-state index in [2.05, 4.69) is 15.8 Å². The van der Waals surface area contributed by atoms with Gasteiger partial charge in [-0.1, -0.05) is 53.5 Å². The van der Waals surface area contributed by atoms with Crippen LogP contribution in [0.5, 0.6) is 5.75 Å². The molecule has 2 amide bonds. The van der Waals surface area contributed by atoms with E-state index in [0.717, 1.165) is 10.8 Å². The predicted octanol–water partition coefficient (Wildman–Crippen LogP) is 3.94. The van der Waals surface area contributed by atoms with Crippen LogP contribution in [0.3, 0.4) is 0 Å². The first-order valence-electron chi connectivity index (χ1n) is 7.76. The van der Waals surface area contributed by atoms with Crippen LogP contribution in [-0.4, -0.2) is 23.1 Å². The van der Waals surface area contributed by atoms with E-state index in [1.807, 2.05) is 24.3 Å². The van der Waals surface area contributed by atoms with E-state index in [0.29, 0.717) is 16.3 Å². The highest BCUT2D eigenvalue weighted by atomic mass is 35.5. The summed E-state index contributed by atoms with van der Waals surface area (Å²) in [7, 11) is 0. The normalized spacial score (nSPS) is 10.9. The number of benzene rings is 3. The molecule has 0 bridgehead atoms. The van der Waals surface area contributed by atoms with Gasteiger partial charge in [-0.05, 0) is 35.0 Å². The molecule has 0 unspecified atom stereocenters. The summed E-state index contributed by atoms with van der Waals surface area (Å²) >= 11 is 11.7. The molecule has 3 N–H and O–H groups in total. The monoisotopic (exact) mass is 401 g/mol. The number of hydrogen-bond acceptors (Lipinski definition) is 4. The van der Waals surface area contributed by atoms with Crippen molar-refractivity contribution in [2.75, 3.05) is 5.32 Å². The second-order valence-corrected chi connectivity index (χ2v) is 6.32. The van der Waals surface area contributed by atoms with E-state index in [9.17, 15) is 14.7 Å². The number of fused-ring (bicyclic) bond motifs is 1. The number of anilines is 1. The molecule has 0 radical (unpaired) electrons. The molecule has 0 spiro atoms. The molecule has 8 heteroatoms. The molecular formula is C19H13Cl2N3O3. The zero-order valence-electron chi connectivity index (χ0n) is 13.7. The zero-order valence-corrected chi connectivity index (χ0v) is 15.3. The van der Waals surface area contributed by atoms with Crippen LogP contribution in [0.25, 0.3) is 10.8 Å². The summed E-state index contributed by atoms with van der Waals surface area (Å²) in [5.74, 6) is -1.89. The molecule has 3 aromatic rings. The molecule has 0 atom stereocenters. The summed E-state index contributed by atoms with van der Waals surface area (Å²) in [6, 6.07) is 15.1. The maximum atomic E-state index is 11.9. The number of amides is 2. The molecule has 0 aliphatic rings. The van der Waals surface area contributed by atoms with Crippen LogP contribution in [0, 0.1) is 0 Å². The van der Waals surface area contributed by atoms with Gasteiger partial charge >= 0.3 is 11.8 Å². The van der Waals surface area contributed by atoms with Crippen molar-refractivity contribution in [1.29, 1.82) is 0 Å². The third-order valence-corrected chi connectivity index (χ3v) is 4.43. The van der Waals surface area contributed by atoms with E-state index in [1.54, 1.807) is 6.07 Å². The predicted molar refractivity (Wildman–Crippen MR) is 106 cm³/mol. The Morgan fingerprint density at radius 3 is 2.52 bits per heavy atom. The highest BCUT2D eigenvalue weighted by Gasteiger charge is 2.13. The number of nitrogens with one attached hydrogen (secondary N) is 2. The molecule has 136 valence electrons. The minimum Gasteiger partial charge on any atom is -0.507 e.